The molecule has 0 radical (unpaired) electrons. The van der Waals surface area contributed by atoms with Crippen LogP contribution in [0.5, 0.6) is 5.75 Å². The third-order valence-electron chi connectivity index (χ3n) is 3.80. The van der Waals surface area contributed by atoms with Crippen LogP contribution in [0.1, 0.15) is 25.3 Å². The molecule has 0 saturated heterocycles. The number of pyridine rings is 2. The standard InChI is InChI=1S/C18H18N2O2.Ca.2H/c1-2-3-10-15-16(21)14-11-7-12-19-17(14)20(18(15)22)13-8-5-4-6-9-13;;;/h4-9,11-12,21H,2-3,10H2,1H3;;;. The van der Waals surface area contributed by atoms with Crippen LogP contribution in [-0.4, -0.2) is 52.4 Å². The molecule has 23 heavy (non-hydrogen) atoms. The van der Waals surface area contributed by atoms with E-state index in [1.54, 1.807) is 22.9 Å². The first kappa shape index (κ1) is 18.0. The summed E-state index contributed by atoms with van der Waals surface area (Å²) in [5.41, 5.74) is 1.51. The Morgan fingerprint density at radius 3 is 2.57 bits per heavy atom. The first-order chi connectivity index (χ1) is 10.7. The predicted octanol–water partition coefficient (Wildman–Crippen LogP) is 2.52. The molecule has 1 aromatic carbocycles. The molecule has 2 heterocycles. The van der Waals surface area contributed by atoms with Gasteiger partial charge in [0.1, 0.15) is 5.75 Å². The summed E-state index contributed by atoms with van der Waals surface area (Å²) in [6.07, 6.45) is 4.03. The fourth-order valence-corrected chi connectivity index (χ4v) is 2.65. The number of rotatable bonds is 4. The van der Waals surface area contributed by atoms with E-state index in [1.807, 2.05) is 30.3 Å². The van der Waals surface area contributed by atoms with E-state index < -0.39 is 0 Å². The van der Waals surface area contributed by atoms with E-state index in [2.05, 4.69) is 11.9 Å². The molecule has 0 amide bonds. The van der Waals surface area contributed by atoms with Gasteiger partial charge in [0, 0.05) is 6.20 Å². The van der Waals surface area contributed by atoms with Crippen molar-refractivity contribution in [1.29, 1.82) is 0 Å². The molecule has 0 aliphatic heterocycles. The molecule has 1 N–H and O–H groups in total. The third-order valence-corrected chi connectivity index (χ3v) is 3.80. The van der Waals surface area contributed by atoms with Crippen molar-refractivity contribution in [2.45, 2.75) is 26.2 Å². The molecule has 0 atom stereocenters. The average Bonchev–Trinajstić information content (AvgIpc) is 2.56. The van der Waals surface area contributed by atoms with Crippen LogP contribution in [0.15, 0.2) is 53.5 Å². The van der Waals surface area contributed by atoms with Gasteiger partial charge in [0.05, 0.1) is 16.6 Å². The van der Waals surface area contributed by atoms with Gasteiger partial charge < -0.3 is 5.11 Å². The SMILES string of the molecule is CCCCc1c(O)c2cccnc2n(-c2ccccc2)c1=O.[CaH2]. The maximum absolute atomic E-state index is 12.9. The number of unbranched alkanes of at least 4 members (excludes halogenated alkanes) is 1. The molecular weight excluding hydrogens is 316 g/mol. The number of aromatic nitrogens is 2. The van der Waals surface area contributed by atoms with Crippen LogP contribution in [0.2, 0.25) is 0 Å². The van der Waals surface area contributed by atoms with Crippen molar-refractivity contribution in [2.24, 2.45) is 0 Å². The molecular formula is C18H20CaN2O2. The van der Waals surface area contributed by atoms with Crippen molar-refractivity contribution in [1.82, 2.24) is 9.55 Å². The van der Waals surface area contributed by atoms with Gasteiger partial charge in [-0.1, -0.05) is 31.5 Å². The van der Waals surface area contributed by atoms with E-state index in [-0.39, 0.29) is 49.0 Å². The molecule has 0 saturated carbocycles. The molecule has 0 aliphatic carbocycles. The van der Waals surface area contributed by atoms with E-state index in [1.165, 1.54) is 0 Å². The minimum absolute atomic E-state index is 0. The van der Waals surface area contributed by atoms with E-state index in [0.717, 1.165) is 18.5 Å². The number of benzene rings is 1. The fraction of sp³-hybridized carbons (Fsp3) is 0.222. The van der Waals surface area contributed by atoms with Gasteiger partial charge in [-0.15, -0.1) is 0 Å². The summed E-state index contributed by atoms with van der Waals surface area (Å²) >= 11 is 0. The molecule has 116 valence electrons. The summed E-state index contributed by atoms with van der Waals surface area (Å²) in [6, 6.07) is 13.0. The van der Waals surface area contributed by atoms with Crippen LogP contribution >= 0.6 is 0 Å². The maximum atomic E-state index is 12.9. The van der Waals surface area contributed by atoms with Crippen molar-refractivity contribution < 1.29 is 5.11 Å². The Bertz CT molecular complexity index is 860. The Balaban J connectivity index is 0.00000192. The number of hydrogen-bond acceptors (Lipinski definition) is 3. The third kappa shape index (κ3) is 3.44. The number of fused-ring (bicyclic) bond motifs is 1. The molecule has 0 spiro atoms. The average molecular weight is 336 g/mol. The Labute approximate surface area is 164 Å². The van der Waals surface area contributed by atoms with Gasteiger partial charge in [0.15, 0.2) is 5.65 Å². The molecule has 2 aromatic heterocycles. The van der Waals surface area contributed by atoms with Crippen LogP contribution in [0.25, 0.3) is 16.7 Å². The number of aromatic hydroxyl groups is 1. The molecule has 5 heteroatoms. The van der Waals surface area contributed by atoms with Gasteiger partial charge >= 0.3 is 37.7 Å². The Hall–Kier alpha value is -1.36. The fourth-order valence-electron chi connectivity index (χ4n) is 2.65. The molecule has 0 unspecified atom stereocenters. The Kier molecular flexibility index (Phi) is 6.22. The zero-order chi connectivity index (χ0) is 15.5. The molecule has 0 bridgehead atoms. The van der Waals surface area contributed by atoms with E-state index >= 15 is 0 Å². The van der Waals surface area contributed by atoms with Crippen molar-refractivity contribution in [3.05, 3.63) is 64.6 Å². The van der Waals surface area contributed by atoms with Crippen molar-refractivity contribution in [3.8, 4) is 11.4 Å². The van der Waals surface area contributed by atoms with Gasteiger partial charge in [-0.05, 0) is 37.1 Å². The monoisotopic (exact) mass is 336 g/mol. The van der Waals surface area contributed by atoms with E-state index in [0.29, 0.717) is 23.0 Å². The second-order valence-electron chi connectivity index (χ2n) is 5.28. The molecule has 4 nitrogen and oxygen atoms in total. The van der Waals surface area contributed by atoms with Crippen LogP contribution in [-0.2, 0) is 6.42 Å². The number of hydrogen-bond donors (Lipinski definition) is 1. The van der Waals surface area contributed by atoms with Crippen LogP contribution in [0.3, 0.4) is 0 Å². The van der Waals surface area contributed by atoms with E-state index in [4.69, 9.17) is 0 Å². The summed E-state index contributed by atoms with van der Waals surface area (Å²) in [5.74, 6) is 0.0636. The second-order valence-corrected chi connectivity index (χ2v) is 5.28. The minimum atomic E-state index is -0.191. The number of nitrogens with zero attached hydrogens (tertiary/aromatic N) is 2. The van der Waals surface area contributed by atoms with Gasteiger partial charge in [-0.2, -0.15) is 0 Å². The summed E-state index contributed by atoms with van der Waals surface area (Å²) in [7, 11) is 0. The van der Waals surface area contributed by atoms with Crippen molar-refractivity contribution >= 4 is 48.8 Å². The van der Waals surface area contributed by atoms with Crippen LogP contribution in [0, 0.1) is 0 Å². The first-order valence-corrected chi connectivity index (χ1v) is 7.51. The summed E-state index contributed by atoms with van der Waals surface area (Å²) in [5, 5.41) is 11.1. The van der Waals surface area contributed by atoms with Gasteiger partial charge in [0.25, 0.3) is 5.56 Å². The summed E-state index contributed by atoms with van der Waals surface area (Å²) < 4.78 is 1.58. The molecule has 0 fully saturated rings. The first-order valence-electron chi connectivity index (χ1n) is 7.51. The normalized spacial score (nSPS) is 10.5. The predicted molar refractivity (Wildman–Crippen MR) is 96.2 cm³/mol. The van der Waals surface area contributed by atoms with Gasteiger partial charge in [-0.25, -0.2) is 4.98 Å². The van der Waals surface area contributed by atoms with Gasteiger partial charge in [0.2, 0.25) is 0 Å². The quantitative estimate of drug-likeness (QED) is 0.745. The zero-order valence-electron chi connectivity index (χ0n) is 12.5. The van der Waals surface area contributed by atoms with Gasteiger partial charge in [-0.3, -0.25) is 9.36 Å². The molecule has 0 aliphatic rings. The zero-order valence-corrected chi connectivity index (χ0v) is 12.5. The summed E-state index contributed by atoms with van der Waals surface area (Å²) in [4.78, 5) is 17.2. The van der Waals surface area contributed by atoms with Crippen molar-refractivity contribution in [2.75, 3.05) is 0 Å². The summed E-state index contributed by atoms with van der Waals surface area (Å²) in [6.45, 7) is 2.06. The Morgan fingerprint density at radius 1 is 1.13 bits per heavy atom. The molecule has 3 aromatic rings. The topological polar surface area (TPSA) is 55.1 Å². The number of para-hydroxylation sites is 1. The van der Waals surface area contributed by atoms with E-state index in [9.17, 15) is 9.90 Å². The van der Waals surface area contributed by atoms with Crippen molar-refractivity contribution in [3.63, 3.8) is 0 Å². The van der Waals surface area contributed by atoms with Crippen LogP contribution in [0.4, 0.5) is 0 Å². The molecule has 3 rings (SSSR count). The van der Waals surface area contributed by atoms with Crippen LogP contribution < -0.4 is 5.56 Å². The Morgan fingerprint density at radius 2 is 1.87 bits per heavy atom. The second kappa shape index (κ2) is 7.95.